The average Bonchev–Trinajstić information content (AvgIpc) is 3.31. The predicted octanol–water partition coefficient (Wildman–Crippen LogP) is 17.9. The predicted molar refractivity (Wildman–Crippen MR) is 283 cm³/mol. The molecular formula is C59H113NO5. The lowest BCUT2D eigenvalue weighted by molar-refractivity contribution is -0.143. The molecule has 0 spiro atoms. The summed E-state index contributed by atoms with van der Waals surface area (Å²) < 4.78 is 5.46. The van der Waals surface area contributed by atoms with Crippen molar-refractivity contribution in [2.75, 3.05) is 13.2 Å². The van der Waals surface area contributed by atoms with Crippen LogP contribution in [0.2, 0.25) is 0 Å². The van der Waals surface area contributed by atoms with E-state index >= 15 is 0 Å². The Kier molecular flexibility index (Phi) is 53.5. The monoisotopic (exact) mass is 916 g/mol. The third-order valence-electron chi connectivity index (χ3n) is 13.5. The minimum atomic E-state index is -0.664. The zero-order valence-corrected chi connectivity index (χ0v) is 43.7. The third kappa shape index (κ3) is 51.6. The van der Waals surface area contributed by atoms with Crippen LogP contribution in [0.15, 0.2) is 24.3 Å². The smallest absolute Gasteiger partial charge is 0.305 e. The van der Waals surface area contributed by atoms with Crippen LogP contribution in [0.4, 0.5) is 0 Å². The van der Waals surface area contributed by atoms with Gasteiger partial charge in [-0.15, -0.1) is 0 Å². The molecule has 0 saturated carbocycles. The second-order valence-electron chi connectivity index (χ2n) is 20.0. The van der Waals surface area contributed by atoms with Crippen LogP contribution in [0, 0.1) is 0 Å². The standard InChI is InChI=1S/C59H113NO5/c1-3-5-7-9-11-13-15-17-28-31-35-39-43-47-51-57(62)56(55-61)60-58(63)52-48-44-40-36-32-29-25-23-21-19-18-20-22-24-26-30-34-38-42-46-50-54-65-59(64)53-49-45-41-37-33-27-16-14-12-10-8-6-4-2/h8,10,14,16,56-57,61-62H,3-7,9,11-13,15,17-55H2,1-2H3,(H,60,63)/b10-8-,16-14-. The van der Waals surface area contributed by atoms with Crippen molar-refractivity contribution in [3.05, 3.63) is 24.3 Å². The Balaban J connectivity index is 3.38. The minimum Gasteiger partial charge on any atom is -0.466 e. The van der Waals surface area contributed by atoms with Crippen molar-refractivity contribution in [2.45, 2.75) is 328 Å². The van der Waals surface area contributed by atoms with Crippen molar-refractivity contribution in [3.63, 3.8) is 0 Å². The number of amides is 1. The number of allylic oxidation sites excluding steroid dienone is 4. The lowest BCUT2D eigenvalue weighted by Crippen LogP contribution is -2.45. The Morgan fingerprint density at radius 1 is 0.431 bits per heavy atom. The number of carbonyl (C=O) groups is 2. The molecule has 6 nitrogen and oxygen atoms in total. The molecule has 0 rings (SSSR count). The Morgan fingerprint density at radius 2 is 0.800 bits per heavy atom. The highest BCUT2D eigenvalue weighted by molar-refractivity contribution is 5.76. The molecule has 0 aromatic carbocycles. The van der Waals surface area contributed by atoms with Gasteiger partial charge in [0.2, 0.25) is 5.91 Å². The number of hydrogen-bond donors (Lipinski definition) is 3. The molecule has 1 amide bonds. The van der Waals surface area contributed by atoms with Gasteiger partial charge in [-0.25, -0.2) is 0 Å². The van der Waals surface area contributed by atoms with Crippen LogP contribution in [0.1, 0.15) is 316 Å². The van der Waals surface area contributed by atoms with Crippen LogP contribution in [0.25, 0.3) is 0 Å². The highest BCUT2D eigenvalue weighted by atomic mass is 16.5. The molecule has 3 N–H and O–H groups in total. The number of nitrogens with one attached hydrogen (secondary N) is 1. The summed E-state index contributed by atoms with van der Waals surface area (Å²) in [6.45, 7) is 4.89. The first-order valence-corrected chi connectivity index (χ1v) is 29.1. The lowest BCUT2D eigenvalue weighted by atomic mass is 10.0. The number of hydrogen-bond acceptors (Lipinski definition) is 5. The molecule has 0 fully saturated rings. The van der Waals surface area contributed by atoms with Crippen molar-refractivity contribution in [2.24, 2.45) is 0 Å². The minimum absolute atomic E-state index is 0.00321. The average molecular weight is 917 g/mol. The molecule has 0 radical (unpaired) electrons. The van der Waals surface area contributed by atoms with Crippen molar-refractivity contribution in [3.8, 4) is 0 Å². The fraction of sp³-hybridized carbons (Fsp3) is 0.898. The van der Waals surface area contributed by atoms with Gasteiger partial charge in [0.15, 0.2) is 0 Å². The van der Waals surface area contributed by atoms with E-state index in [1.807, 2.05) is 0 Å². The number of aliphatic hydroxyl groups excluding tert-OH is 2. The maximum Gasteiger partial charge on any atom is 0.305 e. The molecule has 0 aliphatic rings. The highest BCUT2D eigenvalue weighted by Gasteiger charge is 2.20. The van der Waals surface area contributed by atoms with Gasteiger partial charge in [-0.05, 0) is 51.4 Å². The van der Waals surface area contributed by atoms with Crippen LogP contribution in [-0.2, 0) is 14.3 Å². The van der Waals surface area contributed by atoms with Crippen molar-refractivity contribution < 1.29 is 24.5 Å². The maximum absolute atomic E-state index is 12.5. The molecule has 65 heavy (non-hydrogen) atoms. The fourth-order valence-corrected chi connectivity index (χ4v) is 9.03. The first kappa shape index (κ1) is 63.3. The second-order valence-corrected chi connectivity index (χ2v) is 20.0. The topological polar surface area (TPSA) is 95.9 Å². The Labute approximate surface area is 405 Å². The van der Waals surface area contributed by atoms with E-state index < -0.39 is 12.1 Å². The summed E-state index contributed by atoms with van der Waals surface area (Å²) in [5, 5.41) is 23.3. The molecule has 0 aliphatic carbocycles. The second kappa shape index (κ2) is 54.9. The molecule has 6 heteroatoms. The first-order valence-electron chi connectivity index (χ1n) is 29.1. The molecule has 0 bridgehead atoms. The summed E-state index contributed by atoms with van der Waals surface area (Å²) >= 11 is 0. The van der Waals surface area contributed by atoms with Crippen LogP contribution in [0.5, 0.6) is 0 Å². The summed E-state index contributed by atoms with van der Waals surface area (Å²) in [7, 11) is 0. The molecule has 0 aliphatic heterocycles. The summed E-state index contributed by atoms with van der Waals surface area (Å²) in [6.07, 6.45) is 66.0. The quantitative estimate of drug-likeness (QED) is 0.0321. The van der Waals surface area contributed by atoms with Gasteiger partial charge in [-0.3, -0.25) is 9.59 Å². The van der Waals surface area contributed by atoms with E-state index in [0.29, 0.717) is 25.9 Å². The number of carbonyl (C=O) groups excluding carboxylic acids is 2. The number of aliphatic hydroxyl groups is 2. The first-order chi connectivity index (χ1) is 32.0. The van der Waals surface area contributed by atoms with E-state index in [-0.39, 0.29) is 18.5 Å². The van der Waals surface area contributed by atoms with Crippen LogP contribution in [-0.4, -0.2) is 47.4 Å². The van der Waals surface area contributed by atoms with Crippen molar-refractivity contribution in [1.82, 2.24) is 5.32 Å². The maximum atomic E-state index is 12.5. The van der Waals surface area contributed by atoms with Gasteiger partial charge in [0.25, 0.3) is 0 Å². The SMILES string of the molecule is CCC/C=C\C/C=C\CCCCCCCC(=O)OCCCCCCCCCCCCCCCCCCCCCCCC(=O)NC(CO)C(O)CCCCCCCCCCCCCCCC. The van der Waals surface area contributed by atoms with Gasteiger partial charge in [-0.1, -0.05) is 276 Å². The normalized spacial score (nSPS) is 12.7. The number of ether oxygens (including phenoxy) is 1. The molecule has 2 unspecified atom stereocenters. The Morgan fingerprint density at radius 3 is 1.23 bits per heavy atom. The van der Waals surface area contributed by atoms with Gasteiger partial charge < -0.3 is 20.3 Å². The summed E-state index contributed by atoms with van der Waals surface area (Å²) in [5.74, 6) is -0.0382. The molecule has 384 valence electrons. The van der Waals surface area contributed by atoms with E-state index in [0.717, 1.165) is 51.4 Å². The molecule has 0 aromatic rings. The molecule has 0 heterocycles. The van der Waals surface area contributed by atoms with E-state index in [9.17, 15) is 19.8 Å². The van der Waals surface area contributed by atoms with E-state index in [4.69, 9.17) is 4.74 Å². The number of esters is 1. The number of rotatable bonds is 54. The molecule has 2 atom stereocenters. The van der Waals surface area contributed by atoms with Crippen LogP contribution >= 0.6 is 0 Å². The van der Waals surface area contributed by atoms with Gasteiger partial charge >= 0.3 is 5.97 Å². The van der Waals surface area contributed by atoms with E-state index in [1.54, 1.807) is 0 Å². The zero-order chi connectivity index (χ0) is 47.2. The van der Waals surface area contributed by atoms with Gasteiger partial charge in [0, 0.05) is 12.8 Å². The van der Waals surface area contributed by atoms with Gasteiger partial charge in [-0.2, -0.15) is 0 Å². The lowest BCUT2D eigenvalue weighted by Gasteiger charge is -2.22. The van der Waals surface area contributed by atoms with Crippen molar-refractivity contribution >= 4 is 11.9 Å². The summed E-state index contributed by atoms with van der Waals surface area (Å²) in [5.41, 5.74) is 0. The Bertz CT molecular complexity index is 1010. The third-order valence-corrected chi connectivity index (χ3v) is 13.5. The van der Waals surface area contributed by atoms with E-state index in [2.05, 4.69) is 43.5 Å². The molecular weight excluding hydrogens is 803 g/mol. The fourth-order valence-electron chi connectivity index (χ4n) is 9.03. The zero-order valence-electron chi connectivity index (χ0n) is 43.7. The highest BCUT2D eigenvalue weighted by Crippen LogP contribution is 2.18. The van der Waals surface area contributed by atoms with Crippen LogP contribution < -0.4 is 5.32 Å². The number of unbranched alkanes of at least 4 members (excludes halogenated alkanes) is 39. The van der Waals surface area contributed by atoms with E-state index in [1.165, 1.54) is 231 Å². The van der Waals surface area contributed by atoms with Crippen molar-refractivity contribution in [1.29, 1.82) is 0 Å². The largest absolute Gasteiger partial charge is 0.466 e. The Hall–Kier alpha value is -1.66. The summed E-state index contributed by atoms with van der Waals surface area (Å²) in [6, 6.07) is -0.541. The van der Waals surface area contributed by atoms with Gasteiger partial charge in [0.1, 0.15) is 0 Å². The van der Waals surface area contributed by atoms with Gasteiger partial charge in [0.05, 0.1) is 25.4 Å². The molecule has 0 saturated heterocycles. The summed E-state index contributed by atoms with van der Waals surface area (Å²) in [4.78, 5) is 24.5. The van der Waals surface area contributed by atoms with Crippen LogP contribution in [0.3, 0.4) is 0 Å². The molecule has 0 aromatic heterocycles.